The Labute approximate surface area is 223 Å². The van der Waals surface area contributed by atoms with E-state index in [1.54, 1.807) is 0 Å². The first-order valence-electron chi connectivity index (χ1n) is 12.1. The van der Waals surface area contributed by atoms with Crippen LogP contribution in [0.25, 0.3) is 5.65 Å². The van der Waals surface area contributed by atoms with E-state index in [-0.39, 0.29) is 46.6 Å². The molecule has 206 valence electrons. The van der Waals surface area contributed by atoms with Crippen LogP contribution in [0.3, 0.4) is 0 Å². The number of carbonyl (C=O) groups is 2. The average molecular weight is 569 g/mol. The molecule has 3 aromatic rings. The van der Waals surface area contributed by atoms with Gasteiger partial charge in [0.05, 0.1) is 29.5 Å². The van der Waals surface area contributed by atoms with E-state index in [4.69, 9.17) is 11.6 Å². The van der Waals surface area contributed by atoms with Crippen molar-refractivity contribution in [3.05, 3.63) is 52.9 Å². The van der Waals surface area contributed by atoms with E-state index < -0.39 is 47.3 Å². The van der Waals surface area contributed by atoms with Crippen molar-refractivity contribution in [1.82, 2.24) is 25.2 Å². The highest BCUT2D eigenvalue weighted by Crippen LogP contribution is 2.71. The molecular weight excluding hydrogens is 547 g/mol. The van der Waals surface area contributed by atoms with Gasteiger partial charge in [0.1, 0.15) is 10.8 Å². The van der Waals surface area contributed by atoms with Crippen molar-refractivity contribution < 1.29 is 31.5 Å². The van der Waals surface area contributed by atoms with Crippen molar-refractivity contribution in [2.75, 3.05) is 18.0 Å². The van der Waals surface area contributed by atoms with Gasteiger partial charge >= 0.3 is 6.18 Å². The van der Waals surface area contributed by atoms with Gasteiger partial charge in [-0.15, -0.1) is 0 Å². The molecule has 2 aromatic heterocycles. The third-order valence-corrected chi connectivity index (χ3v) is 8.40. The molecule has 2 fully saturated rings. The quantitative estimate of drug-likeness (QED) is 0.463. The molecule has 4 heterocycles. The number of amides is 2. The number of halogens is 6. The zero-order chi connectivity index (χ0) is 28.1. The maximum Gasteiger partial charge on any atom is 0.401 e. The maximum atomic E-state index is 15.0. The Morgan fingerprint density at radius 2 is 1.90 bits per heavy atom. The Balaban J connectivity index is 1.31. The van der Waals surface area contributed by atoms with Crippen molar-refractivity contribution in [3.8, 4) is 0 Å². The molecule has 1 aromatic carbocycles. The topological polar surface area (TPSA) is 91.6 Å². The lowest BCUT2D eigenvalue weighted by Gasteiger charge is -2.28. The molecule has 1 saturated heterocycles. The summed E-state index contributed by atoms with van der Waals surface area (Å²) in [5, 5.41) is 9.08. The van der Waals surface area contributed by atoms with E-state index >= 15 is 8.78 Å². The van der Waals surface area contributed by atoms with Crippen LogP contribution >= 0.6 is 11.6 Å². The number of hydrogen-bond acceptors (Lipinski definition) is 5. The number of anilines is 2. The highest BCUT2D eigenvalue weighted by atomic mass is 35.5. The zero-order valence-corrected chi connectivity index (χ0v) is 21.4. The SMILES string of the molecule is C[C@@]1(C(F)(F)F)CN(c2ccc([C@H]3C(F)(F)[C@]3(C)C(=O)NC3CNC(=O)C3)cc2)c2cnc3cc(Cl)nn3c21. The number of carbonyl (C=O) groups excluding carboxylic acids is 2. The fourth-order valence-electron chi connectivity index (χ4n) is 5.79. The first-order valence-corrected chi connectivity index (χ1v) is 12.5. The third-order valence-electron chi connectivity index (χ3n) is 8.22. The van der Waals surface area contributed by atoms with E-state index in [1.165, 1.54) is 48.4 Å². The van der Waals surface area contributed by atoms with Gasteiger partial charge in [0.2, 0.25) is 11.8 Å². The molecule has 39 heavy (non-hydrogen) atoms. The summed E-state index contributed by atoms with van der Waals surface area (Å²) in [6, 6.07) is 6.49. The van der Waals surface area contributed by atoms with Crippen molar-refractivity contribution in [3.63, 3.8) is 0 Å². The molecule has 6 rings (SSSR count). The van der Waals surface area contributed by atoms with Crippen molar-refractivity contribution in [1.29, 1.82) is 0 Å². The van der Waals surface area contributed by atoms with Gasteiger partial charge < -0.3 is 15.5 Å². The van der Waals surface area contributed by atoms with Crippen molar-refractivity contribution >= 4 is 40.4 Å². The molecule has 2 N–H and O–H groups in total. The van der Waals surface area contributed by atoms with Crippen molar-refractivity contribution in [2.45, 2.75) is 49.7 Å². The molecule has 1 unspecified atom stereocenters. The fraction of sp³-hybridized carbons (Fsp3) is 0.440. The molecule has 0 radical (unpaired) electrons. The summed E-state index contributed by atoms with van der Waals surface area (Å²) < 4.78 is 74.2. The summed E-state index contributed by atoms with van der Waals surface area (Å²) in [6.45, 7) is 1.92. The highest BCUT2D eigenvalue weighted by molar-refractivity contribution is 6.29. The lowest BCUT2D eigenvalue weighted by molar-refractivity contribution is -0.181. The fourth-order valence-corrected chi connectivity index (χ4v) is 5.96. The lowest BCUT2D eigenvalue weighted by atomic mass is 9.87. The Hall–Kier alpha value is -3.48. The predicted molar refractivity (Wildman–Crippen MR) is 130 cm³/mol. The second-order valence-electron chi connectivity index (χ2n) is 10.7. The molecular formula is C25H22ClF5N6O2. The summed E-state index contributed by atoms with van der Waals surface area (Å²) in [5.41, 5.74) is -3.65. The number of alkyl halides is 5. The number of nitrogens with one attached hydrogen (secondary N) is 2. The summed E-state index contributed by atoms with van der Waals surface area (Å²) in [6.07, 6.45) is -3.31. The third kappa shape index (κ3) is 3.54. The van der Waals surface area contributed by atoms with Crippen LogP contribution in [0.4, 0.5) is 33.3 Å². The second-order valence-corrected chi connectivity index (χ2v) is 11.1. The number of fused-ring (bicyclic) bond motifs is 3. The van der Waals surface area contributed by atoms with Crippen LogP contribution in [0.15, 0.2) is 36.5 Å². The smallest absolute Gasteiger partial charge is 0.354 e. The number of nitrogens with zero attached hydrogens (tertiary/aromatic N) is 4. The minimum absolute atomic E-state index is 0.00327. The van der Waals surface area contributed by atoms with Crippen LogP contribution in [-0.2, 0) is 15.0 Å². The molecule has 8 nitrogen and oxygen atoms in total. The standard InChI is InChI=1S/C25H22ClF5N6O2/c1-22(25(29,30)31)11-36(15-10-32-17-8-16(26)35-37(17)20(15)22)14-5-3-12(4-6-14)19-23(2,24(19,27)28)21(39)34-13-7-18(38)33-9-13/h3-6,8,10,13,19H,7,9,11H2,1-2H3,(H,33,38)(H,34,39)/t13?,19-,22-,23+/m1/s1. The van der Waals surface area contributed by atoms with Gasteiger partial charge in [-0.1, -0.05) is 23.7 Å². The first kappa shape index (κ1) is 25.8. The molecule has 1 saturated carbocycles. The van der Waals surface area contributed by atoms with Gasteiger partial charge in [-0.25, -0.2) is 18.3 Å². The summed E-state index contributed by atoms with van der Waals surface area (Å²) in [4.78, 5) is 29.8. The Kier molecular flexibility index (Phi) is 5.30. The van der Waals surface area contributed by atoms with Gasteiger partial charge in [-0.05, 0) is 31.5 Å². The van der Waals surface area contributed by atoms with Gasteiger partial charge in [0.15, 0.2) is 10.8 Å². The largest absolute Gasteiger partial charge is 0.401 e. The van der Waals surface area contributed by atoms with E-state index in [2.05, 4.69) is 20.7 Å². The highest BCUT2D eigenvalue weighted by Gasteiger charge is 2.82. The number of benzene rings is 1. The van der Waals surface area contributed by atoms with Crippen LogP contribution in [0.5, 0.6) is 0 Å². The number of hydrogen-bond donors (Lipinski definition) is 2. The van der Waals surface area contributed by atoms with E-state index in [1.807, 2.05) is 0 Å². The van der Waals surface area contributed by atoms with E-state index in [9.17, 15) is 22.8 Å². The van der Waals surface area contributed by atoms with Crippen LogP contribution in [0.1, 0.15) is 37.4 Å². The summed E-state index contributed by atoms with van der Waals surface area (Å²) >= 11 is 5.95. The minimum Gasteiger partial charge on any atom is -0.354 e. The minimum atomic E-state index is -4.64. The molecule has 4 atom stereocenters. The molecule has 1 aliphatic carbocycles. The lowest BCUT2D eigenvalue weighted by Crippen LogP contribution is -2.43. The Morgan fingerprint density at radius 3 is 2.51 bits per heavy atom. The van der Waals surface area contributed by atoms with Crippen molar-refractivity contribution in [2.24, 2.45) is 5.41 Å². The predicted octanol–water partition coefficient (Wildman–Crippen LogP) is 4.10. The van der Waals surface area contributed by atoms with Crippen LogP contribution in [-0.4, -0.2) is 57.6 Å². The molecule has 2 amide bonds. The molecule has 14 heteroatoms. The Morgan fingerprint density at radius 1 is 1.21 bits per heavy atom. The van der Waals surface area contributed by atoms with E-state index in [0.717, 1.165) is 11.4 Å². The number of rotatable bonds is 4. The van der Waals surface area contributed by atoms with Crippen LogP contribution in [0.2, 0.25) is 5.15 Å². The van der Waals surface area contributed by atoms with Gasteiger partial charge in [-0.3, -0.25) is 9.59 Å². The Bertz CT molecular complexity index is 1530. The second kappa shape index (κ2) is 8.03. The molecule has 0 spiro atoms. The summed E-state index contributed by atoms with van der Waals surface area (Å²) in [7, 11) is 0. The zero-order valence-electron chi connectivity index (χ0n) is 20.6. The molecule has 3 aliphatic rings. The van der Waals surface area contributed by atoms with Gasteiger partial charge in [0, 0.05) is 31.3 Å². The van der Waals surface area contributed by atoms with E-state index in [0.29, 0.717) is 5.69 Å². The van der Waals surface area contributed by atoms with Crippen LogP contribution < -0.4 is 15.5 Å². The summed E-state index contributed by atoms with van der Waals surface area (Å²) in [5.74, 6) is -5.90. The van der Waals surface area contributed by atoms with Gasteiger partial charge in [-0.2, -0.15) is 18.3 Å². The number of aromatic nitrogens is 3. The maximum absolute atomic E-state index is 15.0. The van der Waals surface area contributed by atoms with Gasteiger partial charge in [0.25, 0.3) is 5.92 Å². The molecule has 2 aliphatic heterocycles. The molecule has 0 bridgehead atoms. The normalized spacial score (nSPS) is 29.4. The average Bonchev–Trinajstić information content (AvgIpc) is 3.32. The first-order chi connectivity index (χ1) is 18.2. The monoisotopic (exact) mass is 568 g/mol. The van der Waals surface area contributed by atoms with Crippen LogP contribution in [0, 0.1) is 5.41 Å².